The van der Waals surface area contributed by atoms with Gasteiger partial charge in [-0.1, -0.05) is 23.7 Å². The molecular weight excluding hydrogens is 338 g/mol. The number of halogens is 1. The Labute approximate surface area is 135 Å². The number of benzene rings is 1. The highest BCUT2D eigenvalue weighted by Gasteiger charge is 2.25. The van der Waals surface area contributed by atoms with Gasteiger partial charge in [-0.15, -0.1) is 5.10 Å². The number of rotatable bonds is 2. The van der Waals surface area contributed by atoms with E-state index in [9.17, 15) is 8.42 Å². The van der Waals surface area contributed by atoms with E-state index < -0.39 is 9.84 Å². The lowest BCUT2D eigenvalue weighted by Gasteiger charge is -2.07. The molecule has 0 radical (unpaired) electrons. The van der Waals surface area contributed by atoms with Crippen molar-refractivity contribution in [3.8, 4) is 0 Å². The van der Waals surface area contributed by atoms with Crippen LogP contribution in [0.3, 0.4) is 0 Å². The Morgan fingerprint density at radius 3 is 2.74 bits per heavy atom. The molecule has 3 heterocycles. The smallest absolute Gasteiger partial charge is 0.227 e. The number of sulfone groups is 1. The van der Waals surface area contributed by atoms with Gasteiger partial charge in [0.25, 0.3) is 0 Å². The third-order valence-electron chi connectivity index (χ3n) is 3.40. The molecule has 4 rings (SSSR count). The molecule has 0 aliphatic heterocycles. The first-order valence-corrected chi connectivity index (χ1v) is 8.40. The zero-order valence-corrected chi connectivity index (χ0v) is 13.0. The summed E-state index contributed by atoms with van der Waals surface area (Å²) >= 11 is 6.00. The Bertz CT molecular complexity index is 1140. The van der Waals surface area contributed by atoms with Crippen LogP contribution in [0.1, 0.15) is 0 Å². The molecule has 0 unspecified atom stereocenters. The summed E-state index contributed by atoms with van der Waals surface area (Å²) in [7, 11) is -3.84. The monoisotopic (exact) mass is 345 g/mol. The maximum Gasteiger partial charge on any atom is 0.227 e. The first-order valence-electron chi connectivity index (χ1n) is 6.54. The van der Waals surface area contributed by atoms with Crippen LogP contribution < -0.4 is 0 Å². The zero-order valence-electron chi connectivity index (χ0n) is 11.5. The second-order valence-electron chi connectivity index (χ2n) is 4.80. The van der Waals surface area contributed by atoms with E-state index in [0.29, 0.717) is 15.9 Å². The lowest BCUT2D eigenvalue weighted by Crippen LogP contribution is -2.07. The summed E-state index contributed by atoms with van der Waals surface area (Å²) < 4.78 is 27.1. The standard InChI is InChI=1S/C14H8ClN5O2S/c15-10-5-4-9-7-12(14-17-18-19-20(14)11(9)8-10)23(21,22)13-3-1-2-6-16-13/h1-8H. The van der Waals surface area contributed by atoms with E-state index in [1.807, 2.05) is 0 Å². The molecule has 0 spiro atoms. The van der Waals surface area contributed by atoms with Crippen LogP contribution in [0.4, 0.5) is 0 Å². The second kappa shape index (κ2) is 4.97. The van der Waals surface area contributed by atoms with Gasteiger partial charge in [0.1, 0.15) is 4.90 Å². The van der Waals surface area contributed by atoms with Crippen molar-refractivity contribution in [2.24, 2.45) is 0 Å². The van der Waals surface area contributed by atoms with Crippen LogP contribution >= 0.6 is 11.6 Å². The summed E-state index contributed by atoms with van der Waals surface area (Å²) in [6.45, 7) is 0. The maximum atomic E-state index is 12.9. The van der Waals surface area contributed by atoms with Crippen molar-refractivity contribution >= 4 is 38.0 Å². The molecule has 0 aliphatic carbocycles. The molecule has 0 saturated heterocycles. The first-order chi connectivity index (χ1) is 11.1. The van der Waals surface area contributed by atoms with Crippen LogP contribution in [0.25, 0.3) is 16.6 Å². The van der Waals surface area contributed by atoms with Crippen molar-refractivity contribution in [1.29, 1.82) is 0 Å². The lowest BCUT2D eigenvalue weighted by atomic mass is 10.2. The van der Waals surface area contributed by atoms with Crippen molar-refractivity contribution in [2.45, 2.75) is 9.92 Å². The molecule has 4 aromatic rings. The molecule has 114 valence electrons. The van der Waals surface area contributed by atoms with Crippen LogP contribution in [0.15, 0.2) is 58.6 Å². The lowest BCUT2D eigenvalue weighted by molar-refractivity contribution is 0.592. The number of tetrazole rings is 1. The Morgan fingerprint density at radius 1 is 1.09 bits per heavy atom. The van der Waals surface area contributed by atoms with Crippen LogP contribution in [0, 0.1) is 0 Å². The Hall–Kier alpha value is -2.58. The van der Waals surface area contributed by atoms with Gasteiger partial charge in [-0.2, -0.15) is 4.52 Å². The van der Waals surface area contributed by atoms with Gasteiger partial charge in [0.2, 0.25) is 9.84 Å². The van der Waals surface area contributed by atoms with Gasteiger partial charge in [0.05, 0.1) is 5.52 Å². The fourth-order valence-electron chi connectivity index (χ4n) is 2.35. The van der Waals surface area contributed by atoms with Gasteiger partial charge in [-0.25, -0.2) is 13.4 Å². The van der Waals surface area contributed by atoms with Crippen LogP contribution in [0.2, 0.25) is 5.02 Å². The zero-order chi connectivity index (χ0) is 16.0. The molecule has 3 aromatic heterocycles. The number of pyridine rings is 2. The average Bonchev–Trinajstić information content (AvgIpc) is 3.05. The summed E-state index contributed by atoms with van der Waals surface area (Å²) in [4.78, 5) is 3.92. The highest BCUT2D eigenvalue weighted by molar-refractivity contribution is 7.91. The van der Waals surface area contributed by atoms with Gasteiger partial charge in [0.15, 0.2) is 10.7 Å². The molecule has 7 nitrogen and oxygen atoms in total. The van der Waals surface area contributed by atoms with Gasteiger partial charge < -0.3 is 0 Å². The molecule has 0 N–H and O–H groups in total. The van der Waals surface area contributed by atoms with E-state index in [-0.39, 0.29) is 15.6 Å². The molecule has 0 bridgehead atoms. The minimum atomic E-state index is -3.84. The van der Waals surface area contributed by atoms with E-state index in [4.69, 9.17) is 11.6 Å². The maximum absolute atomic E-state index is 12.9. The van der Waals surface area contributed by atoms with E-state index in [1.165, 1.54) is 22.8 Å². The van der Waals surface area contributed by atoms with E-state index in [0.717, 1.165) is 0 Å². The normalized spacial score (nSPS) is 12.0. The summed E-state index contributed by atoms with van der Waals surface area (Å²) in [6.07, 6.45) is 1.42. The Kier molecular flexibility index (Phi) is 3.03. The van der Waals surface area contributed by atoms with Crippen molar-refractivity contribution in [2.75, 3.05) is 0 Å². The molecular formula is C14H8ClN5O2S. The highest BCUT2D eigenvalue weighted by Crippen LogP contribution is 2.28. The number of hydrogen-bond donors (Lipinski definition) is 0. The van der Waals surface area contributed by atoms with Crippen molar-refractivity contribution < 1.29 is 8.42 Å². The number of nitrogens with zero attached hydrogens (tertiary/aromatic N) is 5. The molecule has 0 atom stereocenters. The molecule has 9 heteroatoms. The molecule has 0 aliphatic rings. The van der Waals surface area contributed by atoms with Crippen molar-refractivity contribution in [3.63, 3.8) is 0 Å². The first kappa shape index (κ1) is 14.0. The van der Waals surface area contributed by atoms with Crippen molar-refractivity contribution in [1.82, 2.24) is 25.0 Å². The molecule has 23 heavy (non-hydrogen) atoms. The highest BCUT2D eigenvalue weighted by atomic mass is 35.5. The number of aromatic nitrogens is 5. The predicted octanol–water partition coefficient (Wildman–Crippen LogP) is 2.16. The largest absolute Gasteiger partial charge is 0.244 e. The molecule has 1 aromatic carbocycles. The van der Waals surface area contributed by atoms with Crippen LogP contribution in [-0.2, 0) is 9.84 Å². The van der Waals surface area contributed by atoms with E-state index in [1.54, 1.807) is 30.3 Å². The predicted molar refractivity (Wildman–Crippen MR) is 83.0 cm³/mol. The van der Waals surface area contributed by atoms with Gasteiger partial charge >= 0.3 is 0 Å². The van der Waals surface area contributed by atoms with Gasteiger partial charge in [-0.05, 0) is 40.8 Å². The van der Waals surface area contributed by atoms with Crippen LogP contribution in [-0.4, -0.2) is 33.4 Å². The third-order valence-corrected chi connectivity index (χ3v) is 5.31. The third kappa shape index (κ3) is 2.14. The van der Waals surface area contributed by atoms with Crippen LogP contribution in [0.5, 0.6) is 0 Å². The quantitative estimate of drug-likeness (QED) is 0.553. The molecule has 0 amide bonds. The Balaban J connectivity index is 2.11. The van der Waals surface area contributed by atoms with E-state index in [2.05, 4.69) is 20.5 Å². The summed E-state index contributed by atoms with van der Waals surface area (Å²) in [5.41, 5.74) is 0.753. The number of hydrogen-bond acceptors (Lipinski definition) is 6. The average molecular weight is 346 g/mol. The minimum Gasteiger partial charge on any atom is -0.244 e. The van der Waals surface area contributed by atoms with Gasteiger partial charge in [-0.3, -0.25) is 0 Å². The fraction of sp³-hybridized carbons (Fsp3) is 0. The van der Waals surface area contributed by atoms with Crippen molar-refractivity contribution in [3.05, 3.63) is 53.7 Å². The minimum absolute atomic E-state index is 0.00368. The SMILES string of the molecule is O=S(=O)(c1ccccn1)c1cc2ccc(Cl)cc2n2nnnc12. The van der Waals surface area contributed by atoms with E-state index >= 15 is 0 Å². The molecule has 0 saturated carbocycles. The topological polar surface area (TPSA) is 90.1 Å². The Morgan fingerprint density at radius 2 is 1.96 bits per heavy atom. The molecule has 0 fully saturated rings. The summed E-state index contributed by atoms with van der Waals surface area (Å²) in [5.74, 6) is 0. The number of fused-ring (bicyclic) bond motifs is 3. The van der Waals surface area contributed by atoms with Gasteiger partial charge in [0, 0.05) is 16.6 Å². The summed E-state index contributed by atoms with van der Waals surface area (Å²) in [5, 5.41) is 12.4. The fourth-order valence-corrected chi connectivity index (χ4v) is 3.85. The second-order valence-corrected chi connectivity index (χ2v) is 7.10. The summed E-state index contributed by atoms with van der Waals surface area (Å²) in [6, 6.07) is 11.3.